The van der Waals surface area contributed by atoms with Crippen molar-refractivity contribution in [3.05, 3.63) is 47.0 Å². The average Bonchev–Trinajstić information content (AvgIpc) is 3.54. The molecule has 4 aromatic heterocycles. The van der Waals surface area contributed by atoms with Crippen LogP contribution in [0.25, 0.3) is 33.5 Å². The number of rotatable bonds is 7. The van der Waals surface area contributed by atoms with Crippen molar-refractivity contribution >= 4 is 27.8 Å². The lowest BCUT2D eigenvalue weighted by Crippen LogP contribution is -2.14. The number of aryl methyl sites for hydroxylation is 1. The van der Waals surface area contributed by atoms with Crippen LogP contribution >= 0.6 is 0 Å². The SMILES string of the molecule is CCn1cc2[nH]c(=O)c(-c3nc4cc(OC)c(OC)cc4[nH]3)c(NCc3cocn3)c2n1. The van der Waals surface area contributed by atoms with Crippen LogP contribution < -0.4 is 20.3 Å². The van der Waals surface area contributed by atoms with Gasteiger partial charge in [0.25, 0.3) is 5.56 Å². The van der Waals surface area contributed by atoms with Crippen LogP contribution in [0.2, 0.25) is 0 Å². The van der Waals surface area contributed by atoms with Crippen LogP contribution in [0.4, 0.5) is 5.69 Å². The van der Waals surface area contributed by atoms with Gasteiger partial charge in [-0.2, -0.15) is 5.10 Å². The van der Waals surface area contributed by atoms with Gasteiger partial charge in [0.2, 0.25) is 0 Å². The highest BCUT2D eigenvalue weighted by Crippen LogP contribution is 2.34. The molecular weight excluding hydrogens is 414 g/mol. The standard InChI is InChI=1S/C21H21N7O4/c1-4-28-8-14-18(27-28)19(22-7-11-9-32-10-23-11)17(21(29)26-14)20-24-12-5-15(30-2)16(31-3)6-13(12)25-20/h5-6,8-10,22H,4,7H2,1-3H3,(H,24,25)(H,26,29). The number of ether oxygens (including phenoxy) is 2. The molecule has 11 nitrogen and oxygen atoms in total. The van der Waals surface area contributed by atoms with Gasteiger partial charge in [0, 0.05) is 24.9 Å². The highest BCUT2D eigenvalue weighted by Gasteiger charge is 2.21. The number of methoxy groups -OCH3 is 2. The number of fused-ring (bicyclic) bond motifs is 2. The van der Waals surface area contributed by atoms with Gasteiger partial charge < -0.3 is 29.2 Å². The second kappa shape index (κ2) is 7.76. The van der Waals surface area contributed by atoms with E-state index in [0.717, 1.165) is 0 Å². The quantitative estimate of drug-likeness (QED) is 0.355. The lowest BCUT2D eigenvalue weighted by Gasteiger charge is -2.09. The number of aromatic nitrogens is 6. The summed E-state index contributed by atoms with van der Waals surface area (Å²) in [6.45, 7) is 3.00. The Bertz CT molecular complexity index is 1420. The predicted molar refractivity (Wildman–Crippen MR) is 118 cm³/mol. The van der Waals surface area contributed by atoms with Crippen LogP contribution in [0.1, 0.15) is 12.6 Å². The molecular formula is C21H21N7O4. The van der Waals surface area contributed by atoms with Crippen molar-refractivity contribution in [1.29, 1.82) is 0 Å². The number of nitrogens with one attached hydrogen (secondary N) is 3. The van der Waals surface area contributed by atoms with Crippen molar-refractivity contribution in [2.75, 3.05) is 19.5 Å². The minimum absolute atomic E-state index is 0.297. The number of pyridine rings is 1. The average molecular weight is 435 g/mol. The number of aromatic amines is 2. The van der Waals surface area contributed by atoms with E-state index in [1.54, 1.807) is 43.5 Å². The molecule has 0 atom stereocenters. The molecule has 3 N–H and O–H groups in total. The van der Waals surface area contributed by atoms with Gasteiger partial charge in [-0.25, -0.2) is 9.97 Å². The van der Waals surface area contributed by atoms with Gasteiger partial charge in [-0.05, 0) is 6.92 Å². The zero-order chi connectivity index (χ0) is 22.2. The highest BCUT2D eigenvalue weighted by molar-refractivity contribution is 5.96. The molecule has 4 heterocycles. The summed E-state index contributed by atoms with van der Waals surface area (Å²) in [4.78, 5) is 28.1. The van der Waals surface area contributed by atoms with E-state index in [0.29, 0.717) is 69.4 Å². The fourth-order valence-electron chi connectivity index (χ4n) is 3.63. The molecule has 1 aromatic carbocycles. The summed E-state index contributed by atoms with van der Waals surface area (Å²) in [6.07, 6.45) is 4.70. The van der Waals surface area contributed by atoms with Crippen molar-refractivity contribution in [2.24, 2.45) is 0 Å². The number of nitrogens with zero attached hydrogens (tertiary/aromatic N) is 4. The van der Waals surface area contributed by atoms with Crippen LogP contribution in [0.15, 0.2) is 40.2 Å². The van der Waals surface area contributed by atoms with Gasteiger partial charge in [0.05, 0.1) is 48.7 Å². The monoisotopic (exact) mass is 435 g/mol. The molecule has 0 aliphatic heterocycles. The van der Waals surface area contributed by atoms with Crippen molar-refractivity contribution in [3.63, 3.8) is 0 Å². The smallest absolute Gasteiger partial charge is 0.261 e. The van der Waals surface area contributed by atoms with Crippen LogP contribution in [-0.4, -0.2) is 43.9 Å². The first kappa shape index (κ1) is 19.7. The van der Waals surface area contributed by atoms with Crippen molar-refractivity contribution in [1.82, 2.24) is 29.7 Å². The van der Waals surface area contributed by atoms with Gasteiger partial charge in [-0.3, -0.25) is 9.48 Å². The predicted octanol–water partition coefficient (Wildman–Crippen LogP) is 2.91. The second-order valence-corrected chi connectivity index (χ2v) is 7.09. The minimum Gasteiger partial charge on any atom is -0.493 e. The molecule has 0 aliphatic carbocycles. The zero-order valence-electron chi connectivity index (χ0n) is 17.7. The fraction of sp³-hybridized carbons (Fsp3) is 0.238. The van der Waals surface area contributed by atoms with Gasteiger partial charge >= 0.3 is 0 Å². The third-order valence-corrected chi connectivity index (χ3v) is 5.20. The number of oxazole rings is 1. The number of imidazole rings is 1. The fourth-order valence-corrected chi connectivity index (χ4v) is 3.63. The third kappa shape index (κ3) is 3.23. The normalized spacial score (nSPS) is 11.3. The van der Waals surface area contributed by atoms with E-state index in [9.17, 15) is 4.79 Å². The van der Waals surface area contributed by atoms with Crippen LogP contribution in [0, 0.1) is 0 Å². The first-order valence-electron chi connectivity index (χ1n) is 9.97. The highest BCUT2D eigenvalue weighted by atomic mass is 16.5. The van der Waals surface area contributed by atoms with Crippen LogP contribution in [0.3, 0.4) is 0 Å². The first-order chi connectivity index (χ1) is 15.6. The molecule has 11 heteroatoms. The maximum absolute atomic E-state index is 13.2. The van der Waals surface area contributed by atoms with Gasteiger partial charge in [0.1, 0.15) is 23.2 Å². The van der Waals surface area contributed by atoms with Crippen molar-refractivity contribution < 1.29 is 13.9 Å². The number of benzene rings is 1. The largest absolute Gasteiger partial charge is 0.493 e. The maximum atomic E-state index is 13.2. The lowest BCUT2D eigenvalue weighted by atomic mass is 10.2. The van der Waals surface area contributed by atoms with Crippen LogP contribution in [0.5, 0.6) is 11.5 Å². The topological polar surface area (TPSA) is 136 Å². The second-order valence-electron chi connectivity index (χ2n) is 7.09. The molecule has 5 aromatic rings. The van der Waals surface area contributed by atoms with E-state index < -0.39 is 0 Å². The summed E-state index contributed by atoms with van der Waals surface area (Å²) >= 11 is 0. The Morgan fingerprint density at radius 2 is 1.97 bits per heavy atom. The molecule has 0 unspecified atom stereocenters. The molecule has 0 amide bonds. The lowest BCUT2D eigenvalue weighted by molar-refractivity contribution is 0.356. The Hall–Kier alpha value is -4.28. The Balaban J connectivity index is 1.70. The summed E-state index contributed by atoms with van der Waals surface area (Å²) in [5, 5.41) is 7.92. The Kier molecular flexibility index (Phi) is 4.77. The molecule has 0 spiro atoms. The molecule has 0 bridgehead atoms. The van der Waals surface area contributed by atoms with E-state index >= 15 is 0 Å². The molecule has 0 saturated heterocycles. The molecule has 0 fully saturated rings. The van der Waals surface area contributed by atoms with Crippen molar-refractivity contribution in [3.8, 4) is 22.9 Å². The van der Waals surface area contributed by atoms with Gasteiger partial charge in [-0.1, -0.05) is 0 Å². The van der Waals surface area contributed by atoms with Gasteiger partial charge in [0.15, 0.2) is 17.9 Å². The molecule has 5 rings (SSSR count). The summed E-state index contributed by atoms with van der Waals surface area (Å²) in [7, 11) is 3.13. The summed E-state index contributed by atoms with van der Waals surface area (Å²) in [5.74, 6) is 1.51. The third-order valence-electron chi connectivity index (χ3n) is 5.20. The van der Waals surface area contributed by atoms with Gasteiger partial charge in [-0.15, -0.1) is 0 Å². The maximum Gasteiger partial charge on any atom is 0.261 e. The Morgan fingerprint density at radius 3 is 2.69 bits per heavy atom. The number of hydrogen-bond acceptors (Lipinski definition) is 8. The number of hydrogen-bond donors (Lipinski definition) is 3. The molecule has 164 valence electrons. The molecule has 0 saturated carbocycles. The van der Waals surface area contributed by atoms with E-state index in [4.69, 9.17) is 13.9 Å². The summed E-state index contributed by atoms with van der Waals surface area (Å²) < 4.78 is 17.6. The zero-order valence-corrected chi connectivity index (χ0v) is 17.7. The molecule has 0 aliphatic rings. The van der Waals surface area contributed by atoms with E-state index in [1.807, 2.05) is 6.92 Å². The van der Waals surface area contributed by atoms with Crippen LogP contribution in [-0.2, 0) is 13.1 Å². The number of anilines is 1. The summed E-state index contributed by atoms with van der Waals surface area (Å²) in [5.41, 5.74) is 3.89. The Labute approximate surface area is 181 Å². The van der Waals surface area contributed by atoms with Crippen molar-refractivity contribution in [2.45, 2.75) is 20.0 Å². The minimum atomic E-state index is -0.297. The van der Waals surface area contributed by atoms with E-state index in [1.165, 1.54) is 6.39 Å². The first-order valence-corrected chi connectivity index (χ1v) is 9.97. The molecule has 0 radical (unpaired) electrons. The van der Waals surface area contributed by atoms with E-state index in [-0.39, 0.29) is 5.56 Å². The summed E-state index contributed by atoms with van der Waals surface area (Å²) in [6, 6.07) is 3.54. The van der Waals surface area contributed by atoms with E-state index in [2.05, 4.69) is 30.4 Å². The Morgan fingerprint density at radius 1 is 1.16 bits per heavy atom. The molecule has 32 heavy (non-hydrogen) atoms. The number of H-pyrrole nitrogens is 2.